The van der Waals surface area contributed by atoms with Gasteiger partial charge in [0.15, 0.2) is 0 Å². The summed E-state index contributed by atoms with van der Waals surface area (Å²) in [5.41, 5.74) is 1.40. The van der Waals surface area contributed by atoms with Gasteiger partial charge in [0.05, 0.1) is 32.8 Å². The third kappa shape index (κ3) is 1.37. The largest absolute Gasteiger partial charge is 0.478 e. The van der Waals surface area contributed by atoms with Crippen molar-refractivity contribution in [2.75, 3.05) is 3.93 Å². The number of halogens is 1. The molecule has 0 bridgehead atoms. The zero-order chi connectivity index (χ0) is 12.9. The fourth-order valence-corrected chi connectivity index (χ4v) is 3.75. The molecule has 0 unspecified atom stereocenters. The maximum absolute atomic E-state index is 12.4. The van der Waals surface area contributed by atoms with E-state index in [-0.39, 0.29) is 11.5 Å². The van der Waals surface area contributed by atoms with E-state index in [9.17, 15) is 9.59 Å². The number of amides is 1. The molecule has 3 rings (SSSR count). The van der Waals surface area contributed by atoms with Gasteiger partial charge in [0.1, 0.15) is 0 Å². The third-order valence-corrected chi connectivity index (χ3v) is 4.72. The van der Waals surface area contributed by atoms with Crippen molar-refractivity contribution in [2.24, 2.45) is 0 Å². The summed E-state index contributed by atoms with van der Waals surface area (Å²) >= 11 is 3.29. The lowest BCUT2D eigenvalue weighted by molar-refractivity contribution is -0.121. The minimum atomic E-state index is -0.952. The minimum Gasteiger partial charge on any atom is -0.478 e. The number of hydrogen-bond acceptors (Lipinski definition) is 2. The summed E-state index contributed by atoms with van der Waals surface area (Å²) in [7, 11) is 0. The molecule has 5 heteroatoms. The van der Waals surface area contributed by atoms with Gasteiger partial charge in [-0.15, -0.1) is 0 Å². The predicted molar refractivity (Wildman–Crippen MR) is 70.0 cm³/mol. The molecule has 1 fully saturated rings. The van der Waals surface area contributed by atoms with E-state index < -0.39 is 11.4 Å². The number of aromatic carboxylic acids is 1. The first-order valence-electron chi connectivity index (χ1n) is 5.94. The Kier molecular flexibility index (Phi) is 2.48. The number of carbonyl (C=O) groups is 2. The first-order chi connectivity index (χ1) is 8.56. The number of fused-ring (bicyclic) bond motifs is 2. The second-order valence-electron chi connectivity index (χ2n) is 4.91. The van der Waals surface area contributed by atoms with Crippen LogP contribution in [0.1, 0.15) is 41.6 Å². The molecule has 1 aliphatic heterocycles. The van der Waals surface area contributed by atoms with Gasteiger partial charge in [0.2, 0.25) is 5.91 Å². The monoisotopic (exact) mass is 309 g/mol. The van der Waals surface area contributed by atoms with E-state index in [0.29, 0.717) is 0 Å². The molecule has 1 saturated carbocycles. The molecule has 0 saturated heterocycles. The molecule has 1 aromatic rings. The Labute approximate surface area is 113 Å². The van der Waals surface area contributed by atoms with Gasteiger partial charge in [-0.3, -0.25) is 4.79 Å². The maximum atomic E-state index is 12.4. The topological polar surface area (TPSA) is 57.6 Å². The normalized spacial score (nSPS) is 20.5. The molecular formula is C13H12BrNO3. The highest BCUT2D eigenvalue weighted by Crippen LogP contribution is 2.52. The van der Waals surface area contributed by atoms with E-state index in [0.717, 1.165) is 36.9 Å². The molecule has 1 amide bonds. The van der Waals surface area contributed by atoms with E-state index >= 15 is 0 Å². The zero-order valence-corrected chi connectivity index (χ0v) is 11.2. The second kappa shape index (κ2) is 3.82. The summed E-state index contributed by atoms with van der Waals surface area (Å²) in [4.78, 5) is 23.5. The van der Waals surface area contributed by atoms with Crippen LogP contribution < -0.4 is 3.93 Å². The summed E-state index contributed by atoms with van der Waals surface area (Å²) in [5.74, 6) is -0.913. The standard InChI is InChI=1S/C13H12BrNO3/c14-15-10-4-3-8(11(16)17)7-9(10)13(12(15)18)5-1-2-6-13/h3-4,7H,1-2,5-6H2,(H,16,17). The average Bonchev–Trinajstić information content (AvgIpc) is 2.92. The van der Waals surface area contributed by atoms with E-state index in [2.05, 4.69) is 16.1 Å². The lowest BCUT2D eigenvalue weighted by atomic mass is 9.79. The van der Waals surface area contributed by atoms with Crippen molar-refractivity contribution in [1.82, 2.24) is 0 Å². The summed E-state index contributed by atoms with van der Waals surface area (Å²) in [5, 5.41) is 9.07. The number of carbonyl (C=O) groups excluding carboxylic acids is 1. The molecule has 0 atom stereocenters. The molecule has 94 valence electrons. The summed E-state index contributed by atoms with van der Waals surface area (Å²) in [6, 6.07) is 4.90. The van der Waals surface area contributed by atoms with Gasteiger partial charge in [-0.2, -0.15) is 0 Å². The van der Waals surface area contributed by atoms with Crippen molar-refractivity contribution < 1.29 is 14.7 Å². The quantitative estimate of drug-likeness (QED) is 0.812. The van der Waals surface area contributed by atoms with Crippen molar-refractivity contribution in [3.63, 3.8) is 0 Å². The smallest absolute Gasteiger partial charge is 0.335 e. The average molecular weight is 310 g/mol. The minimum absolute atomic E-state index is 0.0394. The molecular weight excluding hydrogens is 298 g/mol. The van der Waals surface area contributed by atoms with Crippen molar-refractivity contribution in [2.45, 2.75) is 31.1 Å². The molecule has 1 spiro atoms. The molecule has 0 aromatic heterocycles. The van der Waals surface area contributed by atoms with Crippen LogP contribution in [0.25, 0.3) is 0 Å². The first kappa shape index (κ1) is 11.7. The van der Waals surface area contributed by atoms with E-state index in [4.69, 9.17) is 5.11 Å². The molecule has 2 aliphatic rings. The summed E-state index contributed by atoms with van der Waals surface area (Å²) in [6.07, 6.45) is 3.65. The van der Waals surface area contributed by atoms with Crippen molar-refractivity contribution in [1.29, 1.82) is 0 Å². The molecule has 1 aliphatic carbocycles. The molecule has 1 N–H and O–H groups in total. The number of carboxylic acid groups (broad SMARTS) is 1. The van der Waals surface area contributed by atoms with Crippen LogP contribution in [0.4, 0.5) is 5.69 Å². The van der Waals surface area contributed by atoms with Gasteiger partial charge >= 0.3 is 5.97 Å². The third-order valence-electron chi connectivity index (χ3n) is 4.02. The highest BCUT2D eigenvalue weighted by molar-refractivity contribution is 9.10. The van der Waals surface area contributed by atoms with Gasteiger partial charge in [-0.1, -0.05) is 12.8 Å². The van der Waals surface area contributed by atoms with Gasteiger partial charge in [-0.25, -0.2) is 8.72 Å². The first-order valence-corrected chi connectivity index (χ1v) is 6.65. The number of benzene rings is 1. The van der Waals surface area contributed by atoms with Crippen molar-refractivity contribution in [3.05, 3.63) is 29.3 Å². The fraction of sp³-hybridized carbons (Fsp3) is 0.385. The lowest BCUT2D eigenvalue weighted by Gasteiger charge is -2.21. The number of carboxylic acids is 1. The molecule has 4 nitrogen and oxygen atoms in total. The van der Waals surface area contributed by atoms with Gasteiger partial charge < -0.3 is 5.11 Å². The van der Waals surface area contributed by atoms with Crippen LogP contribution in [0.5, 0.6) is 0 Å². The Morgan fingerprint density at radius 2 is 2.00 bits per heavy atom. The van der Waals surface area contributed by atoms with Gasteiger partial charge in [0.25, 0.3) is 0 Å². The Bertz CT molecular complexity index is 549. The van der Waals surface area contributed by atoms with Gasteiger partial charge in [-0.05, 0) is 36.6 Å². The summed E-state index contributed by atoms with van der Waals surface area (Å²) < 4.78 is 1.49. The highest BCUT2D eigenvalue weighted by Gasteiger charge is 2.51. The fourth-order valence-electron chi connectivity index (χ4n) is 3.10. The predicted octanol–water partition coefficient (Wildman–Crippen LogP) is 2.85. The molecule has 1 aromatic carbocycles. The summed E-state index contributed by atoms with van der Waals surface area (Å²) in [6.45, 7) is 0. The van der Waals surface area contributed by atoms with Crippen LogP contribution in [-0.2, 0) is 10.2 Å². The Morgan fingerprint density at radius 3 is 2.61 bits per heavy atom. The van der Waals surface area contributed by atoms with Crippen LogP contribution in [0.3, 0.4) is 0 Å². The van der Waals surface area contributed by atoms with Crippen molar-refractivity contribution in [3.8, 4) is 0 Å². The van der Waals surface area contributed by atoms with E-state index in [1.54, 1.807) is 12.1 Å². The van der Waals surface area contributed by atoms with Crippen LogP contribution in [0.2, 0.25) is 0 Å². The van der Waals surface area contributed by atoms with E-state index in [1.807, 2.05) is 0 Å². The second-order valence-corrected chi connectivity index (χ2v) is 5.62. The highest BCUT2D eigenvalue weighted by atomic mass is 79.9. The van der Waals surface area contributed by atoms with Crippen LogP contribution in [0, 0.1) is 0 Å². The SMILES string of the molecule is O=C(O)c1ccc2c(c1)C1(CCCC1)C(=O)N2Br. The van der Waals surface area contributed by atoms with Crippen LogP contribution in [-0.4, -0.2) is 17.0 Å². The maximum Gasteiger partial charge on any atom is 0.335 e. The Balaban J connectivity index is 2.20. The molecule has 18 heavy (non-hydrogen) atoms. The molecule has 0 radical (unpaired) electrons. The van der Waals surface area contributed by atoms with Gasteiger partial charge in [0, 0.05) is 0 Å². The number of anilines is 1. The number of nitrogens with zero attached hydrogens (tertiary/aromatic N) is 1. The number of hydrogen-bond donors (Lipinski definition) is 1. The lowest BCUT2D eigenvalue weighted by Crippen LogP contribution is -2.33. The number of rotatable bonds is 1. The zero-order valence-electron chi connectivity index (χ0n) is 9.65. The molecule has 1 heterocycles. The Hall–Kier alpha value is -1.36. The Morgan fingerprint density at radius 1 is 1.33 bits per heavy atom. The van der Waals surface area contributed by atoms with E-state index in [1.165, 1.54) is 9.99 Å². The van der Waals surface area contributed by atoms with Crippen LogP contribution in [0.15, 0.2) is 18.2 Å². The van der Waals surface area contributed by atoms with Crippen LogP contribution >= 0.6 is 16.1 Å². The van der Waals surface area contributed by atoms with Crippen molar-refractivity contribution >= 4 is 33.7 Å².